The van der Waals surface area contributed by atoms with E-state index in [1.54, 1.807) is 9.80 Å². The second kappa shape index (κ2) is 10.8. The number of likely N-dealkylation sites (tertiary alicyclic amines) is 1. The molecule has 1 saturated heterocycles. The van der Waals surface area contributed by atoms with E-state index in [4.69, 9.17) is 9.47 Å². The van der Waals surface area contributed by atoms with Crippen LogP contribution in [0.2, 0.25) is 0 Å². The molecule has 0 saturated carbocycles. The first kappa shape index (κ1) is 26.5. The first-order valence-corrected chi connectivity index (χ1v) is 12.9. The van der Waals surface area contributed by atoms with Crippen molar-refractivity contribution in [2.75, 3.05) is 31.1 Å². The number of rotatable bonds is 6. The molecule has 1 aromatic heterocycles. The monoisotopic (exact) mass is 511 g/mol. The van der Waals surface area contributed by atoms with Gasteiger partial charge in [0.15, 0.2) is 5.82 Å². The standard InChI is InChI=1S/C27H37N5O5/c1-6-31-23-22(24(33)32(7-2)25(31)34)28-21(29-23)13-10-18-8-11-19(12-9-18)36-20-14-16-30(17-15-20)26(35)37-27(3,4)5/h8-13,20,25,34H,6-7,14-17H2,1-5H3,(H,28,29)/b13-10+. The van der Waals surface area contributed by atoms with E-state index in [2.05, 4.69) is 9.97 Å². The molecule has 1 fully saturated rings. The van der Waals surface area contributed by atoms with Crippen LogP contribution >= 0.6 is 0 Å². The highest BCUT2D eigenvalue weighted by molar-refractivity contribution is 5.99. The Labute approximate surface area is 217 Å². The molecule has 0 radical (unpaired) electrons. The maximum absolute atomic E-state index is 12.7. The zero-order valence-electron chi connectivity index (χ0n) is 22.2. The molecule has 1 unspecified atom stereocenters. The summed E-state index contributed by atoms with van der Waals surface area (Å²) in [5.41, 5.74) is 0.841. The van der Waals surface area contributed by atoms with Gasteiger partial charge in [0.05, 0.1) is 0 Å². The number of anilines is 1. The number of nitrogens with zero attached hydrogens (tertiary/aromatic N) is 4. The van der Waals surface area contributed by atoms with Crippen LogP contribution in [0.4, 0.5) is 10.6 Å². The SMILES string of the molecule is CCN1C(=O)c2[nH]c(/C=C/c3ccc(OC4CCN(C(=O)OC(C)(C)C)CC4)cc3)nc2N(CC)C1O. The number of carbonyl (C=O) groups is 2. The van der Waals surface area contributed by atoms with E-state index in [0.29, 0.717) is 43.5 Å². The second-order valence-electron chi connectivity index (χ2n) is 10.2. The fourth-order valence-corrected chi connectivity index (χ4v) is 4.47. The lowest BCUT2D eigenvalue weighted by Gasteiger charge is -2.39. The Balaban J connectivity index is 1.34. The third-order valence-electron chi connectivity index (χ3n) is 6.40. The second-order valence-corrected chi connectivity index (χ2v) is 10.2. The van der Waals surface area contributed by atoms with Gasteiger partial charge in [0.2, 0.25) is 6.35 Å². The number of aliphatic hydroxyl groups excluding tert-OH is 1. The molecule has 200 valence electrons. The van der Waals surface area contributed by atoms with Crippen LogP contribution in [0.3, 0.4) is 0 Å². The van der Waals surface area contributed by atoms with E-state index in [9.17, 15) is 14.7 Å². The molecular formula is C27H37N5O5. The summed E-state index contributed by atoms with van der Waals surface area (Å²) in [5, 5.41) is 10.5. The first-order valence-electron chi connectivity index (χ1n) is 12.9. The maximum atomic E-state index is 12.7. The fraction of sp³-hybridized carbons (Fsp3) is 0.519. The van der Waals surface area contributed by atoms with Gasteiger partial charge in [-0.05, 0) is 58.4 Å². The lowest BCUT2D eigenvalue weighted by molar-refractivity contribution is 0.00370. The number of aromatic amines is 1. The Morgan fingerprint density at radius 3 is 2.35 bits per heavy atom. The number of piperidine rings is 1. The van der Waals surface area contributed by atoms with Crippen LogP contribution in [0, 0.1) is 0 Å². The number of carbonyl (C=O) groups excluding carboxylic acids is 2. The average Bonchev–Trinajstić information content (AvgIpc) is 3.28. The number of amides is 2. The molecule has 0 aliphatic carbocycles. The van der Waals surface area contributed by atoms with Crippen molar-refractivity contribution in [1.29, 1.82) is 0 Å². The number of nitrogens with one attached hydrogen (secondary N) is 1. The van der Waals surface area contributed by atoms with Gasteiger partial charge < -0.3 is 29.4 Å². The number of imidazole rings is 1. The molecule has 10 heteroatoms. The van der Waals surface area contributed by atoms with Crippen LogP contribution in [-0.4, -0.2) is 81.1 Å². The number of benzene rings is 1. The van der Waals surface area contributed by atoms with Gasteiger partial charge in [0.1, 0.15) is 29.0 Å². The van der Waals surface area contributed by atoms with E-state index < -0.39 is 12.0 Å². The van der Waals surface area contributed by atoms with Crippen LogP contribution in [-0.2, 0) is 4.74 Å². The predicted octanol–water partition coefficient (Wildman–Crippen LogP) is 3.94. The molecule has 0 bridgehead atoms. The number of fused-ring (bicyclic) bond motifs is 1. The zero-order valence-corrected chi connectivity index (χ0v) is 22.2. The van der Waals surface area contributed by atoms with Crippen molar-refractivity contribution < 1.29 is 24.2 Å². The van der Waals surface area contributed by atoms with E-state index >= 15 is 0 Å². The van der Waals surface area contributed by atoms with Crippen LogP contribution in [0.25, 0.3) is 12.2 Å². The molecule has 10 nitrogen and oxygen atoms in total. The van der Waals surface area contributed by atoms with Gasteiger partial charge in [0, 0.05) is 39.0 Å². The van der Waals surface area contributed by atoms with E-state index in [0.717, 1.165) is 24.2 Å². The van der Waals surface area contributed by atoms with Crippen molar-refractivity contribution in [3.8, 4) is 5.75 Å². The topological polar surface area (TPSA) is 111 Å². The minimum absolute atomic E-state index is 0.0478. The summed E-state index contributed by atoms with van der Waals surface area (Å²) in [6, 6.07) is 7.75. The largest absolute Gasteiger partial charge is 0.490 e. The Morgan fingerprint density at radius 2 is 1.76 bits per heavy atom. The van der Waals surface area contributed by atoms with Gasteiger partial charge in [-0.15, -0.1) is 0 Å². The van der Waals surface area contributed by atoms with E-state index in [-0.39, 0.29) is 18.1 Å². The van der Waals surface area contributed by atoms with Gasteiger partial charge in [-0.25, -0.2) is 9.78 Å². The number of aromatic nitrogens is 2. The minimum atomic E-state index is -1.02. The Morgan fingerprint density at radius 1 is 1.11 bits per heavy atom. The summed E-state index contributed by atoms with van der Waals surface area (Å²) in [7, 11) is 0. The Kier molecular flexibility index (Phi) is 7.77. The summed E-state index contributed by atoms with van der Waals surface area (Å²) >= 11 is 0. The molecule has 1 aromatic carbocycles. The molecule has 2 aromatic rings. The van der Waals surface area contributed by atoms with Crippen molar-refractivity contribution in [2.45, 2.75) is 65.5 Å². The highest BCUT2D eigenvalue weighted by atomic mass is 16.6. The minimum Gasteiger partial charge on any atom is -0.490 e. The third-order valence-corrected chi connectivity index (χ3v) is 6.40. The Bertz CT molecular complexity index is 1130. The summed E-state index contributed by atoms with van der Waals surface area (Å²) in [6.45, 7) is 11.5. The van der Waals surface area contributed by atoms with Gasteiger partial charge in [-0.3, -0.25) is 9.69 Å². The van der Waals surface area contributed by atoms with E-state index in [1.165, 1.54) is 4.90 Å². The average molecular weight is 512 g/mol. The van der Waals surface area contributed by atoms with Crippen molar-refractivity contribution in [3.63, 3.8) is 0 Å². The number of H-pyrrole nitrogens is 1. The smallest absolute Gasteiger partial charge is 0.410 e. The van der Waals surface area contributed by atoms with Gasteiger partial charge in [-0.1, -0.05) is 18.2 Å². The fourth-order valence-electron chi connectivity index (χ4n) is 4.47. The van der Waals surface area contributed by atoms with Crippen LogP contribution < -0.4 is 9.64 Å². The van der Waals surface area contributed by atoms with Crippen molar-refractivity contribution >= 4 is 30.0 Å². The number of hydrogen-bond acceptors (Lipinski definition) is 7. The Hall–Kier alpha value is -3.53. The van der Waals surface area contributed by atoms with Crippen molar-refractivity contribution in [1.82, 2.24) is 19.8 Å². The molecule has 2 aliphatic heterocycles. The molecule has 1 atom stereocenters. The lowest BCUT2D eigenvalue weighted by atomic mass is 10.1. The number of aliphatic hydroxyl groups is 1. The normalized spacial score (nSPS) is 18.9. The molecule has 37 heavy (non-hydrogen) atoms. The van der Waals surface area contributed by atoms with Gasteiger partial charge in [0.25, 0.3) is 5.91 Å². The highest BCUT2D eigenvalue weighted by Crippen LogP contribution is 2.28. The third kappa shape index (κ3) is 6.07. The molecule has 0 spiro atoms. The predicted molar refractivity (Wildman–Crippen MR) is 141 cm³/mol. The van der Waals surface area contributed by atoms with Crippen LogP contribution in [0.5, 0.6) is 5.75 Å². The summed E-state index contributed by atoms with van der Waals surface area (Å²) in [5.74, 6) is 1.52. The lowest BCUT2D eigenvalue weighted by Crippen LogP contribution is -2.55. The molecule has 3 heterocycles. The zero-order chi connectivity index (χ0) is 26.7. The van der Waals surface area contributed by atoms with Crippen molar-refractivity contribution in [2.24, 2.45) is 0 Å². The molecule has 2 N–H and O–H groups in total. The van der Waals surface area contributed by atoms with Crippen LogP contribution in [0.1, 0.15) is 69.3 Å². The first-order chi connectivity index (χ1) is 17.6. The van der Waals surface area contributed by atoms with E-state index in [1.807, 2.05) is 71.0 Å². The maximum Gasteiger partial charge on any atom is 0.410 e. The quantitative estimate of drug-likeness (QED) is 0.604. The van der Waals surface area contributed by atoms with Crippen LogP contribution in [0.15, 0.2) is 24.3 Å². The van der Waals surface area contributed by atoms with Crippen molar-refractivity contribution in [3.05, 3.63) is 41.3 Å². The van der Waals surface area contributed by atoms with Gasteiger partial charge >= 0.3 is 6.09 Å². The molecule has 4 rings (SSSR count). The summed E-state index contributed by atoms with van der Waals surface area (Å²) in [6.07, 6.45) is 3.97. The summed E-state index contributed by atoms with van der Waals surface area (Å²) in [4.78, 5) is 37.4. The number of ether oxygens (including phenoxy) is 2. The molecule has 2 aliphatic rings. The summed E-state index contributed by atoms with van der Waals surface area (Å²) < 4.78 is 11.6. The van der Waals surface area contributed by atoms with Gasteiger partial charge in [-0.2, -0.15) is 0 Å². The highest BCUT2D eigenvalue weighted by Gasteiger charge is 2.37. The molecule has 2 amide bonds. The number of hydrogen-bond donors (Lipinski definition) is 2. The molecular weight excluding hydrogens is 474 g/mol.